The predicted molar refractivity (Wildman–Crippen MR) is 75.3 cm³/mol. The Morgan fingerprint density at radius 3 is 2.39 bits per heavy atom. The molecule has 1 aromatic carbocycles. The second-order valence-electron chi connectivity index (χ2n) is 4.45. The van der Waals surface area contributed by atoms with E-state index in [9.17, 15) is 0 Å². The summed E-state index contributed by atoms with van der Waals surface area (Å²) in [4.78, 5) is 2.34. The highest BCUT2D eigenvalue weighted by atomic mass is 16.5. The Kier molecular flexibility index (Phi) is 5.72. The lowest BCUT2D eigenvalue weighted by Crippen LogP contribution is -2.24. The highest BCUT2D eigenvalue weighted by Gasteiger charge is 2.08. The molecular formula is C15H23NO2. The number of methoxy groups -OCH3 is 2. The molecule has 0 aliphatic heterocycles. The highest BCUT2D eigenvalue weighted by molar-refractivity contribution is 5.42. The zero-order valence-corrected chi connectivity index (χ0v) is 11.8. The molecule has 0 aromatic heterocycles. The van der Waals surface area contributed by atoms with E-state index in [1.54, 1.807) is 14.2 Å². The molecular weight excluding hydrogens is 226 g/mol. The van der Waals surface area contributed by atoms with E-state index in [4.69, 9.17) is 9.47 Å². The van der Waals surface area contributed by atoms with Crippen LogP contribution in [0.1, 0.15) is 19.4 Å². The van der Waals surface area contributed by atoms with Crippen molar-refractivity contribution < 1.29 is 9.47 Å². The third-order valence-electron chi connectivity index (χ3n) is 2.79. The van der Waals surface area contributed by atoms with Crippen molar-refractivity contribution in [3.63, 3.8) is 0 Å². The van der Waals surface area contributed by atoms with Crippen molar-refractivity contribution in [2.24, 2.45) is 0 Å². The summed E-state index contributed by atoms with van der Waals surface area (Å²) in [6, 6.07) is 6.05. The van der Waals surface area contributed by atoms with Crippen molar-refractivity contribution in [3.05, 3.63) is 35.9 Å². The first kappa shape index (κ1) is 14.6. The maximum Gasteiger partial charge on any atom is 0.161 e. The third-order valence-corrected chi connectivity index (χ3v) is 2.79. The van der Waals surface area contributed by atoms with E-state index in [-0.39, 0.29) is 0 Å². The van der Waals surface area contributed by atoms with E-state index in [2.05, 4.69) is 31.4 Å². The fraction of sp³-hybridized carbons (Fsp3) is 0.467. The van der Waals surface area contributed by atoms with Crippen molar-refractivity contribution in [2.75, 3.05) is 27.3 Å². The van der Waals surface area contributed by atoms with Crippen LogP contribution in [0.3, 0.4) is 0 Å². The van der Waals surface area contributed by atoms with E-state index in [1.807, 2.05) is 12.1 Å². The van der Waals surface area contributed by atoms with Gasteiger partial charge in [0.25, 0.3) is 0 Å². The maximum atomic E-state index is 5.31. The van der Waals surface area contributed by atoms with Gasteiger partial charge in [-0.1, -0.05) is 25.1 Å². The predicted octanol–water partition coefficient (Wildman–Crippen LogP) is 3.10. The first-order valence-electron chi connectivity index (χ1n) is 6.18. The van der Waals surface area contributed by atoms with E-state index >= 15 is 0 Å². The van der Waals surface area contributed by atoms with E-state index in [0.717, 1.165) is 31.1 Å². The minimum Gasteiger partial charge on any atom is -0.493 e. The minimum atomic E-state index is 0.768. The summed E-state index contributed by atoms with van der Waals surface area (Å²) in [5, 5.41) is 0. The summed E-state index contributed by atoms with van der Waals surface area (Å²) >= 11 is 0. The second kappa shape index (κ2) is 7.07. The molecule has 0 radical (unpaired) electrons. The van der Waals surface area contributed by atoms with Crippen molar-refractivity contribution >= 4 is 0 Å². The molecule has 0 amide bonds. The minimum absolute atomic E-state index is 0.768. The van der Waals surface area contributed by atoms with Crippen LogP contribution in [0.4, 0.5) is 0 Å². The molecule has 0 aliphatic carbocycles. The lowest BCUT2D eigenvalue weighted by molar-refractivity contribution is 0.303. The quantitative estimate of drug-likeness (QED) is 0.693. The van der Waals surface area contributed by atoms with Gasteiger partial charge < -0.3 is 9.47 Å². The molecule has 0 N–H and O–H groups in total. The average molecular weight is 249 g/mol. The van der Waals surface area contributed by atoms with Crippen molar-refractivity contribution in [1.29, 1.82) is 0 Å². The van der Waals surface area contributed by atoms with E-state index in [1.165, 1.54) is 11.1 Å². The van der Waals surface area contributed by atoms with Crippen LogP contribution in [0.2, 0.25) is 0 Å². The van der Waals surface area contributed by atoms with E-state index < -0.39 is 0 Å². The molecule has 0 spiro atoms. The van der Waals surface area contributed by atoms with Crippen LogP contribution in [0.15, 0.2) is 30.4 Å². The molecule has 0 bridgehead atoms. The summed E-state index contributed by atoms with van der Waals surface area (Å²) in [5.74, 6) is 1.55. The number of nitrogens with zero attached hydrogens (tertiary/aromatic N) is 1. The van der Waals surface area contributed by atoms with Crippen molar-refractivity contribution in [2.45, 2.75) is 20.4 Å². The molecule has 0 aliphatic rings. The van der Waals surface area contributed by atoms with Crippen LogP contribution in [-0.2, 0) is 6.54 Å². The maximum absolute atomic E-state index is 5.31. The Morgan fingerprint density at radius 1 is 1.22 bits per heavy atom. The van der Waals surface area contributed by atoms with Gasteiger partial charge in [-0.2, -0.15) is 0 Å². The fourth-order valence-electron chi connectivity index (χ4n) is 1.90. The monoisotopic (exact) mass is 249 g/mol. The Labute approximate surface area is 110 Å². The summed E-state index contributed by atoms with van der Waals surface area (Å²) in [6.45, 7) is 11.0. The van der Waals surface area contributed by atoms with Gasteiger partial charge in [-0.15, -0.1) is 0 Å². The standard InChI is InChI=1S/C15H23NO2/c1-6-16(10-12(2)3)11-13-7-8-14(17-4)15(9-13)18-5/h7-9H,2,6,10-11H2,1,3-5H3. The SMILES string of the molecule is C=C(C)CN(CC)Cc1ccc(OC)c(OC)c1. The summed E-state index contributed by atoms with van der Waals surface area (Å²) in [5.41, 5.74) is 2.40. The third kappa shape index (κ3) is 4.08. The molecule has 3 nitrogen and oxygen atoms in total. The van der Waals surface area contributed by atoms with Crippen LogP contribution in [-0.4, -0.2) is 32.2 Å². The topological polar surface area (TPSA) is 21.7 Å². The number of likely N-dealkylation sites (N-methyl/N-ethyl adjacent to an activating group) is 1. The van der Waals surface area contributed by atoms with Gasteiger partial charge in [-0.05, 0) is 31.2 Å². The van der Waals surface area contributed by atoms with Gasteiger partial charge in [0.2, 0.25) is 0 Å². The summed E-state index contributed by atoms with van der Waals surface area (Å²) in [7, 11) is 3.31. The number of hydrogen-bond acceptors (Lipinski definition) is 3. The zero-order chi connectivity index (χ0) is 13.5. The summed E-state index contributed by atoms with van der Waals surface area (Å²) < 4.78 is 10.5. The lowest BCUT2D eigenvalue weighted by Gasteiger charge is -2.21. The molecule has 100 valence electrons. The largest absolute Gasteiger partial charge is 0.493 e. The van der Waals surface area contributed by atoms with Crippen LogP contribution in [0.5, 0.6) is 11.5 Å². The highest BCUT2D eigenvalue weighted by Crippen LogP contribution is 2.28. The number of hydrogen-bond donors (Lipinski definition) is 0. The number of benzene rings is 1. The molecule has 1 aromatic rings. The van der Waals surface area contributed by atoms with Crippen LogP contribution in [0, 0.1) is 0 Å². The molecule has 0 atom stereocenters. The number of ether oxygens (including phenoxy) is 2. The Morgan fingerprint density at radius 2 is 1.89 bits per heavy atom. The normalized spacial score (nSPS) is 10.5. The van der Waals surface area contributed by atoms with Crippen LogP contribution >= 0.6 is 0 Å². The van der Waals surface area contributed by atoms with Crippen LogP contribution in [0.25, 0.3) is 0 Å². The van der Waals surface area contributed by atoms with Crippen molar-refractivity contribution in [1.82, 2.24) is 4.90 Å². The van der Waals surface area contributed by atoms with E-state index in [0.29, 0.717) is 0 Å². The Bertz CT molecular complexity index is 401. The molecule has 1 rings (SSSR count). The van der Waals surface area contributed by atoms with Gasteiger partial charge in [0.1, 0.15) is 0 Å². The Balaban J connectivity index is 2.80. The molecule has 0 saturated carbocycles. The number of rotatable bonds is 7. The van der Waals surface area contributed by atoms with Gasteiger partial charge in [0.05, 0.1) is 14.2 Å². The van der Waals surface area contributed by atoms with Gasteiger partial charge in [0.15, 0.2) is 11.5 Å². The fourth-order valence-corrected chi connectivity index (χ4v) is 1.90. The summed E-state index contributed by atoms with van der Waals surface area (Å²) in [6.07, 6.45) is 0. The smallest absolute Gasteiger partial charge is 0.161 e. The molecule has 0 heterocycles. The van der Waals surface area contributed by atoms with Crippen molar-refractivity contribution in [3.8, 4) is 11.5 Å². The molecule has 0 fully saturated rings. The molecule has 0 saturated heterocycles. The average Bonchev–Trinajstić information content (AvgIpc) is 2.37. The van der Waals surface area contributed by atoms with Gasteiger partial charge in [0, 0.05) is 13.1 Å². The lowest BCUT2D eigenvalue weighted by atomic mass is 10.1. The first-order valence-corrected chi connectivity index (χ1v) is 6.18. The molecule has 3 heteroatoms. The second-order valence-corrected chi connectivity index (χ2v) is 4.45. The molecule has 18 heavy (non-hydrogen) atoms. The van der Waals surface area contributed by atoms with Gasteiger partial charge in [-0.25, -0.2) is 0 Å². The zero-order valence-electron chi connectivity index (χ0n) is 11.8. The Hall–Kier alpha value is -1.48. The van der Waals surface area contributed by atoms with Crippen LogP contribution < -0.4 is 9.47 Å². The first-order chi connectivity index (χ1) is 8.60. The van der Waals surface area contributed by atoms with Gasteiger partial charge >= 0.3 is 0 Å². The molecule has 0 unspecified atom stereocenters. The van der Waals surface area contributed by atoms with Gasteiger partial charge in [-0.3, -0.25) is 4.90 Å².